The second kappa shape index (κ2) is 12.5. The number of imide groups is 1. The largest absolute Gasteiger partial charge is 0.324 e. The molecule has 1 aliphatic heterocycles. The molecule has 1 heterocycles. The molecule has 0 spiro atoms. The molecule has 0 bridgehead atoms. The lowest BCUT2D eigenvalue weighted by molar-refractivity contribution is -0.124. The van der Waals surface area contributed by atoms with E-state index in [0.717, 1.165) is 37.2 Å². The van der Waals surface area contributed by atoms with Crippen LogP contribution in [0.1, 0.15) is 40.7 Å². The third-order valence-electron chi connectivity index (χ3n) is 5.54. The van der Waals surface area contributed by atoms with E-state index in [-0.39, 0.29) is 0 Å². The zero-order chi connectivity index (χ0) is 23.5. The van der Waals surface area contributed by atoms with Gasteiger partial charge < -0.3 is 9.80 Å². The quantitative estimate of drug-likeness (QED) is 0.310. The Kier molecular flexibility index (Phi) is 9.17. The Morgan fingerprint density at radius 2 is 1.70 bits per heavy atom. The van der Waals surface area contributed by atoms with Crippen molar-refractivity contribution in [3.8, 4) is 0 Å². The van der Waals surface area contributed by atoms with E-state index >= 15 is 0 Å². The minimum Gasteiger partial charge on any atom is -0.320 e. The summed E-state index contributed by atoms with van der Waals surface area (Å²) in [7, 11) is 0. The SMILES string of the molecule is O=C(/C=C/c1ccc(CN(CCCN2CCCC2)C(=O)NC(=O)c2ccccc2)cc1)NO. The molecular weight excluding hydrogens is 420 g/mol. The summed E-state index contributed by atoms with van der Waals surface area (Å²) < 4.78 is 0. The predicted molar refractivity (Wildman–Crippen MR) is 125 cm³/mol. The molecule has 8 nitrogen and oxygen atoms in total. The summed E-state index contributed by atoms with van der Waals surface area (Å²) in [5.41, 5.74) is 3.67. The molecule has 2 aromatic carbocycles. The van der Waals surface area contributed by atoms with Crippen molar-refractivity contribution in [1.29, 1.82) is 0 Å². The number of benzene rings is 2. The number of carbonyl (C=O) groups is 3. The molecule has 33 heavy (non-hydrogen) atoms. The molecule has 0 radical (unpaired) electrons. The van der Waals surface area contributed by atoms with Crippen molar-refractivity contribution in [1.82, 2.24) is 20.6 Å². The average molecular weight is 451 g/mol. The number of hydrogen-bond donors (Lipinski definition) is 3. The topological polar surface area (TPSA) is 102 Å². The Morgan fingerprint density at radius 1 is 1.00 bits per heavy atom. The summed E-state index contributed by atoms with van der Waals surface area (Å²) in [6, 6.07) is 15.6. The highest BCUT2D eigenvalue weighted by Gasteiger charge is 2.19. The standard InChI is InChI=1S/C25H30N4O4/c30-23(27-33)14-13-20-9-11-21(12-10-20)19-29(18-6-17-28-15-4-5-16-28)25(32)26-24(31)22-7-2-1-3-8-22/h1-3,7-14,33H,4-6,15-19H2,(H,27,30)(H,26,31,32)/b14-13+. The maximum atomic E-state index is 12.9. The summed E-state index contributed by atoms with van der Waals surface area (Å²) >= 11 is 0. The van der Waals surface area contributed by atoms with Crippen LogP contribution in [-0.2, 0) is 11.3 Å². The van der Waals surface area contributed by atoms with Crippen molar-refractivity contribution in [2.75, 3.05) is 26.2 Å². The van der Waals surface area contributed by atoms with Crippen molar-refractivity contribution in [2.45, 2.75) is 25.8 Å². The number of nitrogens with zero attached hydrogens (tertiary/aromatic N) is 2. The van der Waals surface area contributed by atoms with Gasteiger partial charge in [-0.25, -0.2) is 10.3 Å². The minimum absolute atomic E-state index is 0.356. The Hall–Kier alpha value is -3.49. The summed E-state index contributed by atoms with van der Waals surface area (Å²) in [4.78, 5) is 40.6. The molecule has 3 N–H and O–H groups in total. The number of nitrogens with one attached hydrogen (secondary N) is 2. The first-order valence-electron chi connectivity index (χ1n) is 11.1. The van der Waals surface area contributed by atoms with Gasteiger partial charge in [-0.05, 0) is 68.2 Å². The zero-order valence-corrected chi connectivity index (χ0v) is 18.6. The molecule has 1 aliphatic rings. The van der Waals surface area contributed by atoms with Crippen molar-refractivity contribution in [3.63, 3.8) is 0 Å². The smallest absolute Gasteiger partial charge is 0.320 e. The van der Waals surface area contributed by atoms with Crippen LogP contribution in [0.15, 0.2) is 60.7 Å². The zero-order valence-electron chi connectivity index (χ0n) is 18.6. The molecule has 0 aliphatic carbocycles. The van der Waals surface area contributed by atoms with E-state index in [9.17, 15) is 14.4 Å². The van der Waals surface area contributed by atoms with Gasteiger partial charge in [-0.2, -0.15) is 0 Å². The van der Waals surface area contributed by atoms with E-state index < -0.39 is 17.8 Å². The minimum atomic E-state index is -0.608. The monoisotopic (exact) mass is 450 g/mol. The van der Waals surface area contributed by atoms with Gasteiger partial charge in [0.2, 0.25) is 0 Å². The van der Waals surface area contributed by atoms with Crippen LogP contribution >= 0.6 is 0 Å². The van der Waals surface area contributed by atoms with Gasteiger partial charge in [-0.3, -0.25) is 20.1 Å². The maximum absolute atomic E-state index is 12.9. The highest BCUT2D eigenvalue weighted by molar-refractivity contribution is 6.04. The van der Waals surface area contributed by atoms with Crippen LogP contribution in [-0.4, -0.2) is 59.0 Å². The Labute approximate surface area is 193 Å². The second-order valence-corrected chi connectivity index (χ2v) is 8.00. The van der Waals surface area contributed by atoms with Crippen LogP contribution in [0, 0.1) is 0 Å². The van der Waals surface area contributed by atoms with Crippen LogP contribution in [0.4, 0.5) is 4.79 Å². The molecule has 2 aromatic rings. The predicted octanol–water partition coefficient (Wildman–Crippen LogP) is 3.04. The number of hydroxylamine groups is 1. The van der Waals surface area contributed by atoms with Gasteiger partial charge in [-0.1, -0.05) is 42.5 Å². The van der Waals surface area contributed by atoms with Crippen molar-refractivity contribution in [2.24, 2.45) is 0 Å². The molecule has 174 valence electrons. The highest BCUT2D eigenvalue weighted by atomic mass is 16.5. The summed E-state index contributed by atoms with van der Waals surface area (Å²) in [5, 5.41) is 11.1. The van der Waals surface area contributed by atoms with E-state index in [2.05, 4.69) is 10.2 Å². The number of amides is 4. The molecule has 4 amide bonds. The van der Waals surface area contributed by atoms with E-state index in [0.29, 0.717) is 18.7 Å². The fourth-order valence-corrected chi connectivity index (χ4v) is 3.75. The van der Waals surface area contributed by atoms with Crippen molar-refractivity contribution < 1.29 is 19.6 Å². The molecule has 0 saturated carbocycles. The van der Waals surface area contributed by atoms with Crippen molar-refractivity contribution >= 4 is 23.9 Å². The van der Waals surface area contributed by atoms with Gasteiger partial charge in [0.25, 0.3) is 11.8 Å². The highest BCUT2D eigenvalue weighted by Crippen LogP contribution is 2.12. The van der Waals surface area contributed by atoms with Crippen LogP contribution in [0.25, 0.3) is 6.08 Å². The molecule has 3 rings (SSSR count). The van der Waals surface area contributed by atoms with E-state index in [4.69, 9.17) is 5.21 Å². The van der Waals surface area contributed by atoms with Gasteiger partial charge in [0.15, 0.2) is 0 Å². The molecule has 8 heteroatoms. The second-order valence-electron chi connectivity index (χ2n) is 8.00. The lowest BCUT2D eigenvalue weighted by atomic mass is 10.1. The van der Waals surface area contributed by atoms with Gasteiger partial charge in [0, 0.05) is 24.7 Å². The van der Waals surface area contributed by atoms with Crippen LogP contribution in [0.3, 0.4) is 0 Å². The van der Waals surface area contributed by atoms with Crippen molar-refractivity contribution in [3.05, 3.63) is 77.4 Å². The number of urea groups is 1. The third-order valence-corrected chi connectivity index (χ3v) is 5.54. The number of hydrogen-bond acceptors (Lipinski definition) is 5. The normalized spacial score (nSPS) is 13.7. The van der Waals surface area contributed by atoms with Gasteiger partial charge >= 0.3 is 6.03 Å². The maximum Gasteiger partial charge on any atom is 0.324 e. The van der Waals surface area contributed by atoms with Crippen LogP contribution in [0.5, 0.6) is 0 Å². The fraction of sp³-hybridized carbons (Fsp3) is 0.320. The Morgan fingerprint density at radius 3 is 2.36 bits per heavy atom. The van der Waals surface area contributed by atoms with E-state index in [1.165, 1.54) is 18.9 Å². The number of likely N-dealkylation sites (tertiary alicyclic amines) is 1. The molecular formula is C25H30N4O4. The Balaban J connectivity index is 1.63. The third kappa shape index (κ3) is 7.85. The molecule has 0 aromatic heterocycles. The van der Waals surface area contributed by atoms with Crippen LogP contribution in [0.2, 0.25) is 0 Å². The average Bonchev–Trinajstić information content (AvgIpc) is 3.36. The number of carbonyl (C=O) groups excluding carboxylic acids is 3. The van der Waals surface area contributed by atoms with E-state index in [1.807, 2.05) is 30.3 Å². The fourth-order valence-electron chi connectivity index (χ4n) is 3.75. The first kappa shape index (κ1) is 24.2. The molecule has 0 unspecified atom stereocenters. The lowest BCUT2D eigenvalue weighted by Gasteiger charge is -2.24. The van der Waals surface area contributed by atoms with Gasteiger partial charge in [-0.15, -0.1) is 0 Å². The lowest BCUT2D eigenvalue weighted by Crippen LogP contribution is -2.43. The summed E-state index contributed by atoms with van der Waals surface area (Å²) in [6.07, 6.45) is 6.06. The summed E-state index contributed by atoms with van der Waals surface area (Å²) in [5.74, 6) is -1.03. The van der Waals surface area contributed by atoms with Gasteiger partial charge in [0.1, 0.15) is 0 Å². The van der Waals surface area contributed by atoms with Gasteiger partial charge in [0.05, 0.1) is 0 Å². The van der Waals surface area contributed by atoms with E-state index in [1.54, 1.807) is 40.7 Å². The first-order chi connectivity index (χ1) is 16.0. The Bertz CT molecular complexity index is 954. The summed E-state index contributed by atoms with van der Waals surface area (Å²) in [6.45, 7) is 4.01. The molecule has 0 atom stereocenters. The number of rotatable bonds is 9. The first-order valence-corrected chi connectivity index (χ1v) is 11.1. The van der Waals surface area contributed by atoms with Crippen LogP contribution < -0.4 is 10.8 Å². The molecule has 1 saturated heterocycles. The molecule has 1 fully saturated rings.